The Balaban J connectivity index is 1.67. The number of oxazole rings is 1. The summed E-state index contributed by atoms with van der Waals surface area (Å²) in [5.41, 5.74) is 3.21. The first-order valence-electron chi connectivity index (χ1n) is 7.57. The molecule has 0 saturated carbocycles. The highest BCUT2D eigenvalue weighted by molar-refractivity contribution is 6.36. The Morgan fingerprint density at radius 1 is 0.920 bits per heavy atom. The van der Waals surface area contributed by atoms with Gasteiger partial charge in [-0.05, 0) is 42.5 Å². The van der Waals surface area contributed by atoms with Crippen LogP contribution in [0.5, 0.6) is 0 Å². The number of aromatic nitrogens is 1. The molecule has 122 valence electrons. The molecule has 0 N–H and O–H groups in total. The fraction of sp³-hybridized carbons (Fsp3) is 0. The van der Waals surface area contributed by atoms with Crippen LogP contribution in [-0.2, 0) is 0 Å². The summed E-state index contributed by atoms with van der Waals surface area (Å²) < 4.78 is 5.74. The van der Waals surface area contributed by atoms with Crippen LogP contribution in [0.25, 0.3) is 22.6 Å². The third-order valence-electron chi connectivity index (χ3n) is 3.86. The molecule has 0 unspecified atom stereocenters. The van der Waals surface area contributed by atoms with Gasteiger partial charge < -0.3 is 4.42 Å². The molecule has 0 spiro atoms. The molecule has 0 saturated heterocycles. The quantitative estimate of drug-likeness (QED) is 0.415. The first-order valence-corrected chi connectivity index (χ1v) is 8.33. The highest BCUT2D eigenvalue weighted by atomic mass is 35.5. The van der Waals surface area contributed by atoms with Gasteiger partial charge in [-0.15, -0.1) is 0 Å². The Morgan fingerprint density at radius 2 is 1.68 bits per heavy atom. The van der Waals surface area contributed by atoms with Gasteiger partial charge in [0.05, 0.1) is 5.02 Å². The van der Waals surface area contributed by atoms with Crippen molar-refractivity contribution in [1.29, 1.82) is 0 Å². The molecule has 1 aromatic heterocycles. The molecule has 1 heterocycles. The van der Waals surface area contributed by atoms with Gasteiger partial charge in [-0.25, -0.2) is 4.98 Å². The summed E-state index contributed by atoms with van der Waals surface area (Å²) in [5.74, 6) is 0.331. The second kappa shape index (κ2) is 6.36. The fourth-order valence-corrected chi connectivity index (χ4v) is 2.96. The van der Waals surface area contributed by atoms with E-state index in [9.17, 15) is 4.79 Å². The number of ketones is 1. The maximum atomic E-state index is 12.6. The van der Waals surface area contributed by atoms with E-state index in [4.69, 9.17) is 27.6 Å². The van der Waals surface area contributed by atoms with Gasteiger partial charge in [-0.3, -0.25) is 4.79 Å². The molecule has 0 bridgehead atoms. The van der Waals surface area contributed by atoms with Crippen molar-refractivity contribution in [3.05, 3.63) is 87.9 Å². The second-order valence-electron chi connectivity index (χ2n) is 5.52. The number of hydrogen-bond acceptors (Lipinski definition) is 3. The SMILES string of the molecule is O=C(c1ccc(-c2nc3ccccc3o2)cc1)c1cc(Cl)ccc1Cl. The highest BCUT2D eigenvalue weighted by Gasteiger charge is 2.14. The molecular weight excluding hydrogens is 357 g/mol. The summed E-state index contributed by atoms with van der Waals surface area (Å²) in [5, 5.41) is 0.841. The smallest absolute Gasteiger partial charge is 0.227 e. The van der Waals surface area contributed by atoms with Gasteiger partial charge in [0.15, 0.2) is 11.4 Å². The first kappa shape index (κ1) is 15.9. The molecule has 3 aromatic carbocycles. The van der Waals surface area contributed by atoms with E-state index in [1.807, 2.05) is 24.3 Å². The number of halogens is 2. The van der Waals surface area contributed by atoms with Crippen LogP contribution in [0.2, 0.25) is 10.0 Å². The lowest BCUT2D eigenvalue weighted by atomic mass is 10.0. The van der Waals surface area contributed by atoms with Gasteiger partial charge in [0, 0.05) is 21.7 Å². The van der Waals surface area contributed by atoms with Crippen molar-refractivity contribution in [2.45, 2.75) is 0 Å². The van der Waals surface area contributed by atoms with E-state index in [1.165, 1.54) is 0 Å². The standard InChI is InChI=1S/C20H11Cl2NO2/c21-14-9-10-16(22)15(11-14)19(24)12-5-7-13(8-6-12)20-23-17-3-1-2-4-18(17)25-20/h1-11H. The van der Waals surface area contributed by atoms with Crippen LogP contribution in [0.4, 0.5) is 0 Å². The van der Waals surface area contributed by atoms with E-state index in [-0.39, 0.29) is 5.78 Å². The lowest BCUT2D eigenvalue weighted by Crippen LogP contribution is -2.02. The summed E-state index contributed by atoms with van der Waals surface area (Å²) in [6.07, 6.45) is 0. The molecule has 4 aromatic rings. The zero-order chi connectivity index (χ0) is 17.4. The predicted octanol–water partition coefficient (Wildman–Crippen LogP) is 6.03. The van der Waals surface area contributed by atoms with Gasteiger partial charge in [0.25, 0.3) is 0 Å². The Labute approximate surface area is 153 Å². The molecule has 0 radical (unpaired) electrons. The normalized spacial score (nSPS) is 11.0. The van der Waals surface area contributed by atoms with Gasteiger partial charge in [0.2, 0.25) is 5.89 Å². The lowest BCUT2D eigenvalue weighted by molar-refractivity contribution is 0.103. The second-order valence-corrected chi connectivity index (χ2v) is 6.36. The number of nitrogens with zero attached hydrogens (tertiary/aromatic N) is 1. The molecule has 25 heavy (non-hydrogen) atoms. The number of hydrogen-bond donors (Lipinski definition) is 0. The van der Waals surface area contributed by atoms with Crippen molar-refractivity contribution in [2.75, 3.05) is 0 Å². The molecule has 0 aliphatic rings. The zero-order valence-electron chi connectivity index (χ0n) is 12.9. The van der Waals surface area contributed by atoms with E-state index in [0.29, 0.717) is 27.1 Å². The third kappa shape index (κ3) is 3.04. The van der Waals surface area contributed by atoms with Crippen molar-refractivity contribution in [3.8, 4) is 11.5 Å². The van der Waals surface area contributed by atoms with Crippen LogP contribution in [0, 0.1) is 0 Å². The molecule has 0 aliphatic carbocycles. The van der Waals surface area contributed by atoms with E-state index < -0.39 is 0 Å². The lowest BCUT2D eigenvalue weighted by Gasteiger charge is -2.05. The molecule has 3 nitrogen and oxygen atoms in total. The number of carbonyl (C=O) groups excluding carboxylic acids is 1. The van der Waals surface area contributed by atoms with Crippen molar-refractivity contribution < 1.29 is 9.21 Å². The van der Waals surface area contributed by atoms with E-state index in [2.05, 4.69) is 4.98 Å². The maximum Gasteiger partial charge on any atom is 0.227 e. The number of rotatable bonds is 3. The minimum absolute atomic E-state index is 0.184. The fourth-order valence-electron chi connectivity index (χ4n) is 2.59. The molecule has 0 amide bonds. The molecule has 5 heteroatoms. The third-order valence-corrected chi connectivity index (χ3v) is 4.43. The number of fused-ring (bicyclic) bond motifs is 1. The Hall–Kier alpha value is -2.62. The van der Waals surface area contributed by atoms with E-state index >= 15 is 0 Å². The predicted molar refractivity (Wildman–Crippen MR) is 99.3 cm³/mol. The molecule has 0 fully saturated rings. The Kier molecular flexibility index (Phi) is 4.04. The average molecular weight is 368 g/mol. The van der Waals surface area contributed by atoms with E-state index in [1.54, 1.807) is 42.5 Å². The number of para-hydroxylation sites is 2. The molecular formula is C20H11Cl2NO2. The molecule has 0 aliphatic heterocycles. The van der Waals surface area contributed by atoms with Crippen LogP contribution in [0.3, 0.4) is 0 Å². The maximum absolute atomic E-state index is 12.6. The average Bonchev–Trinajstić information content (AvgIpc) is 3.07. The summed E-state index contributed by atoms with van der Waals surface area (Å²) in [4.78, 5) is 17.1. The highest BCUT2D eigenvalue weighted by Crippen LogP contribution is 2.26. The Morgan fingerprint density at radius 3 is 2.44 bits per heavy atom. The van der Waals surface area contributed by atoms with Crippen molar-refractivity contribution >= 4 is 40.1 Å². The van der Waals surface area contributed by atoms with Crippen molar-refractivity contribution in [2.24, 2.45) is 0 Å². The van der Waals surface area contributed by atoms with Crippen molar-refractivity contribution in [3.63, 3.8) is 0 Å². The largest absolute Gasteiger partial charge is 0.436 e. The topological polar surface area (TPSA) is 43.1 Å². The van der Waals surface area contributed by atoms with Crippen LogP contribution < -0.4 is 0 Å². The monoisotopic (exact) mass is 367 g/mol. The minimum atomic E-state index is -0.184. The van der Waals surface area contributed by atoms with E-state index in [0.717, 1.165) is 16.7 Å². The molecule has 0 atom stereocenters. The van der Waals surface area contributed by atoms with Gasteiger partial charge in [0.1, 0.15) is 5.52 Å². The van der Waals surface area contributed by atoms with Gasteiger partial charge in [-0.2, -0.15) is 0 Å². The van der Waals surface area contributed by atoms with Gasteiger partial charge in [-0.1, -0.05) is 47.5 Å². The molecule has 4 rings (SSSR count). The van der Waals surface area contributed by atoms with Crippen LogP contribution >= 0.6 is 23.2 Å². The first-order chi connectivity index (χ1) is 12.1. The van der Waals surface area contributed by atoms with Crippen LogP contribution in [-0.4, -0.2) is 10.8 Å². The van der Waals surface area contributed by atoms with Gasteiger partial charge >= 0.3 is 0 Å². The van der Waals surface area contributed by atoms with Crippen LogP contribution in [0.1, 0.15) is 15.9 Å². The summed E-state index contributed by atoms with van der Waals surface area (Å²) in [6, 6.07) is 19.5. The summed E-state index contributed by atoms with van der Waals surface area (Å²) in [6.45, 7) is 0. The van der Waals surface area contributed by atoms with Crippen molar-refractivity contribution in [1.82, 2.24) is 4.98 Å². The number of carbonyl (C=O) groups is 1. The van der Waals surface area contributed by atoms with Crippen LogP contribution in [0.15, 0.2) is 71.1 Å². The zero-order valence-corrected chi connectivity index (χ0v) is 14.4. The summed E-state index contributed by atoms with van der Waals surface area (Å²) in [7, 11) is 0. The minimum Gasteiger partial charge on any atom is -0.436 e. The summed E-state index contributed by atoms with van der Waals surface area (Å²) >= 11 is 12.1. The number of benzene rings is 3. The Bertz CT molecular complexity index is 1050.